The summed E-state index contributed by atoms with van der Waals surface area (Å²) in [5, 5.41) is 2.61. The number of thiazole rings is 1. The minimum Gasteiger partial charge on any atom is -0.329 e. The third-order valence-corrected chi connectivity index (χ3v) is 6.00. The van der Waals surface area contributed by atoms with Gasteiger partial charge in [-0.2, -0.15) is 0 Å². The summed E-state index contributed by atoms with van der Waals surface area (Å²) < 4.78 is 27.9. The average Bonchev–Trinajstić information content (AvgIpc) is 2.79. The summed E-state index contributed by atoms with van der Waals surface area (Å²) in [6, 6.07) is 5.88. The second-order valence-corrected chi connectivity index (χ2v) is 8.29. The number of nitrogens with two attached hydrogens (primary N) is 1. The molecular weight excluding hydrogens is 400 g/mol. The van der Waals surface area contributed by atoms with Crippen LogP contribution in [0.15, 0.2) is 34.0 Å². The molecular formula is C15H21ClN4O4S2. The molecule has 0 saturated heterocycles. The van der Waals surface area contributed by atoms with E-state index in [0.717, 1.165) is 21.9 Å². The van der Waals surface area contributed by atoms with Gasteiger partial charge < -0.3 is 11.1 Å². The number of hydrogen-bond donors (Lipinski definition) is 3. The maximum atomic E-state index is 12.2. The molecule has 0 aliphatic carbocycles. The van der Waals surface area contributed by atoms with Gasteiger partial charge >= 0.3 is 4.87 Å². The normalized spacial score (nSPS) is 11.0. The summed E-state index contributed by atoms with van der Waals surface area (Å²) in [6.07, 6.45) is 0. The molecule has 1 aromatic carbocycles. The predicted octanol–water partition coefficient (Wildman–Crippen LogP) is 0.824. The number of aryl methyl sites for hydroxylation is 1. The number of nitrogens with one attached hydrogen (secondary N) is 2. The van der Waals surface area contributed by atoms with Crippen LogP contribution in [0.2, 0.25) is 0 Å². The Morgan fingerprint density at radius 1 is 1.31 bits per heavy atom. The lowest BCUT2D eigenvalue weighted by molar-refractivity contribution is -0.116. The zero-order valence-electron chi connectivity index (χ0n) is 14.3. The Kier molecular flexibility index (Phi) is 7.97. The molecule has 8 nitrogen and oxygen atoms in total. The molecule has 26 heavy (non-hydrogen) atoms. The molecule has 0 aliphatic heterocycles. The van der Waals surface area contributed by atoms with Gasteiger partial charge in [0.05, 0.1) is 4.90 Å². The van der Waals surface area contributed by atoms with Crippen LogP contribution in [-0.2, 0) is 21.4 Å². The van der Waals surface area contributed by atoms with Crippen LogP contribution in [0.4, 0.5) is 5.69 Å². The van der Waals surface area contributed by atoms with E-state index in [9.17, 15) is 18.0 Å². The Bertz CT molecular complexity index is 937. The highest BCUT2D eigenvalue weighted by molar-refractivity contribution is 7.89. The molecule has 0 spiro atoms. The summed E-state index contributed by atoms with van der Waals surface area (Å²) in [4.78, 5) is 24.7. The van der Waals surface area contributed by atoms with Gasteiger partial charge in [0, 0.05) is 29.3 Å². The zero-order valence-corrected chi connectivity index (χ0v) is 16.8. The Hall–Kier alpha value is -1.72. The lowest BCUT2D eigenvalue weighted by Crippen LogP contribution is -2.29. The van der Waals surface area contributed by atoms with E-state index in [1.165, 1.54) is 22.8 Å². The largest absolute Gasteiger partial charge is 0.329 e. The topological polar surface area (TPSA) is 123 Å². The average molecular weight is 421 g/mol. The number of anilines is 1. The summed E-state index contributed by atoms with van der Waals surface area (Å²) >= 11 is 1.09. The quantitative estimate of drug-likeness (QED) is 0.612. The van der Waals surface area contributed by atoms with Gasteiger partial charge in [-0.05, 0) is 32.0 Å². The summed E-state index contributed by atoms with van der Waals surface area (Å²) in [7, 11) is -3.68. The third kappa shape index (κ3) is 5.39. The van der Waals surface area contributed by atoms with Gasteiger partial charge in [0.1, 0.15) is 6.54 Å². The van der Waals surface area contributed by atoms with Crippen molar-refractivity contribution in [2.45, 2.75) is 25.3 Å². The van der Waals surface area contributed by atoms with Gasteiger partial charge in [-0.15, -0.1) is 12.4 Å². The number of nitrogens with zero attached hydrogens (tertiary/aromatic N) is 1. The van der Waals surface area contributed by atoms with E-state index in [2.05, 4.69) is 10.0 Å². The Balaban J connectivity index is 0.00000338. The number of carbonyl (C=O) groups is 1. The van der Waals surface area contributed by atoms with E-state index in [1.54, 1.807) is 13.0 Å². The lowest BCUT2D eigenvalue weighted by atomic mass is 10.3. The van der Waals surface area contributed by atoms with Gasteiger partial charge in [-0.25, -0.2) is 13.1 Å². The molecule has 2 rings (SSSR count). The number of benzene rings is 1. The van der Waals surface area contributed by atoms with Crippen molar-refractivity contribution in [1.82, 2.24) is 9.29 Å². The van der Waals surface area contributed by atoms with E-state index in [1.807, 2.05) is 6.92 Å². The molecule has 11 heteroatoms. The van der Waals surface area contributed by atoms with Crippen LogP contribution >= 0.6 is 23.7 Å². The number of hydrogen-bond acceptors (Lipinski definition) is 6. The summed E-state index contributed by atoms with van der Waals surface area (Å²) in [6.45, 7) is 3.77. The lowest BCUT2D eigenvalue weighted by Gasteiger charge is -2.10. The van der Waals surface area contributed by atoms with E-state index in [0.29, 0.717) is 5.69 Å². The van der Waals surface area contributed by atoms with E-state index in [-0.39, 0.29) is 41.8 Å². The van der Waals surface area contributed by atoms with Crippen LogP contribution in [0.1, 0.15) is 10.6 Å². The van der Waals surface area contributed by atoms with Crippen LogP contribution in [0, 0.1) is 13.8 Å². The molecule has 0 fully saturated rings. The molecule has 1 aromatic heterocycles. The Labute approximate surface area is 161 Å². The smallest absolute Gasteiger partial charge is 0.308 e. The second-order valence-electron chi connectivity index (χ2n) is 5.36. The van der Waals surface area contributed by atoms with E-state index >= 15 is 0 Å². The van der Waals surface area contributed by atoms with Crippen molar-refractivity contribution in [3.05, 3.63) is 44.5 Å². The first-order chi connectivity index (χ1) is 11.7. The highest BCUT2D eigenvalue weighted by atomic mass is 35.5. The number of aromatic nitrogens is 1. The molecule has 0 bridgehead atoms. The molecule has 1 amide bonds. The van der Waals surface area contributed by atoms with Crippen LogP contribution in [0.25, 0.3) is 0 Å². The first kappa shape index (κ1) is 22.3. The van der Waals surface area contributed by atoms with Crippen molar-refractivity contribution in [2.24, 2.45) is 5.73 Å². The SMILES string of the molecule is Cc1sc(=O)n(CC(=O)Nc2cccc(S(=O)(=O)NCCN)c2)c1C.Cl. The maximum Gasteiger partial charge on any atom is 0.308 e. The highest BCUT2D eigenvalue weighted by Gasteiger charge is 2.15. The first-order valence-electron chi connectivity index (χ1n) is 7.51. The molecule has 144 valence electrons. The molecule has 0 aliphatic rings. The van der Waals surface area contributed by atoms with Crippen molar-refractivity contribution >= 4 is 45.4 Å². The van der Waals surface area contributed by atoms with Crippen molar-refractivity contribution in [3.8, 4) is 0 Å². The van der Waals surface area contributed by atoms with Crippen LogP contribution in [0.3, 0.4) is 0 Å². The first-order valence-corrected chi connectivity index (χ1v) is 9.81. The van der Waals surface area contributed by atoms with Crippen LogP contribution in [0.5, 0.6) is 0 Å². The summed E-state index contributed by atoms with van der Waals surface area (Å²) in [5.41, 5.74) is 6.37. The number of carbonyl (C=O) groups excluding carboxylic acids is 1. The number of halogens is 1. The standard InChI is InChI=1S/C15H20N4O4S2.ClH/c1-10-11(2)24-15(21)19(10)9-14(20)18-12-4-3-5-13(8-12)25(22,23)17-7-6-16;/h3-5,8,17H,6-7,9,16H2,1-2H3,(H,18,20);1H. The van der Waals surface area contributed by atoms with Crippen LogP contribution < -0.4 is 20.6 Å². The highest BCUT2D eigenvalue weighted by Crippen LogP contribution is 2.16. The minimum absolute atomic E-state index is 0. The fraction of sp³-hybridized carbons (Fsp3) is 0.333. The van der Waals surface area contributed by atoms with Gasteiger partial charge in [0.15, 0.2) is 0 Å². The molecule has 0 saturated carbocycles. The van der Waals surface area contributed by atoms with Crippen molar-refractivity contribution in [3.63, 3.8) is 0 Å². The van der Waals surface area contributed by atoms with Gasteiger partial charge in [0.25, 0.3) is 0 Å². The third-order valence-electron chi connectivity index (χ3n) is 3.54. The van der Waals surface area contributed by atoms with Gasteiger partial charge in [0.2, 0.25) is 15.9 Å². The molecule has 4 N–H and O–H groups in total. The molecule has 0 radical (unpaired) electrons. The fourth-order valence-electron chi connectivity index (χ4n) is 2.13. The van der Waals surface area contributed by atoms with Crippen molar-refractivity contribution in [1.29, 1.82) is 0 Å². The Morgan fingerprint density at radius 2 is 2.00 bits per heavy atom. The fourth-order valence-corrected chi connectivity index (χ4v) is 4.06. The minimum atomic E-state index is -3.68. The molecule has 0 unspecified atom stereocenters. The molecule has 1 heterocycles. The number of amides is 1. The van der Waals surface area contributed by atoms with Crippen LogP contribution in [-0.4, -0.2) is 32.0 Å². The molecule has 2 aromatic rings. The number of rotatable bonds is 7. The molecule has 0 atom stereocenters. The number of sulfonamides is 1. The Morgan fingerprint density at radius 3 is 2.58 bits per heavy atom. The van der Waals surface area contributed by atoms with Crippen molar-refractivity contribution < 1.29 is 13.2 Å². The van der Waals surface area contributed by atoms with E-state index < -0.39 is 15.9 Å². The zero-order chi connectivity index (χ0) is 18.6. The maximum absolute atomic E-state index is 12.2. The van der Waals surface area contributed by atoms with Gasteiger partial charge in [-0.3, -0.25) is 14.2 Å². The monoisotopic (exact) mass is 420 g/mol. The summed E-state index contributed by atoms with van der Waals surface area (Å²) in [5.74, 6) is -0.410. The predicted molar refractivity (Wildman–Crippen MR) is 105 cm³/mol. The van der Waals surface area contributed by atoms with Crippen molar-refractivity contribution in [2.75, 3.05) is 18.4 Å². The second kappa shape index (κ2) is 9.28. The van der Waals surface area contributed by atoms with Gasteiger partial charge in [-0.1, -0.05) is 17.4 Å². The van der Waals surface area contributed by atoms with E-state index in [4.69, 9.17) is 5.73 Å².